The van der Waals surface area contributed by atoms with E-state index in [9.17, 15) is 14.9 Å². The Morgan fingerprint density at radius 3 is 2.39 bits per heavy atom. The molecule has 0 aliphatic heterocycles. The smallest absolute Gasteiger partial charge is 0.406 e. The van der Waals surface area contributed by atoms with Gasteiger partial charge in [-0.05, 0) is 65.4 Å². The zero-order valence-corrected chi connectivity index (χ0v) is 14.9. The molecular weight excluding hydrogens is 362 g/mol. The van der Waals surface area contributed by atoms with Gasteiger partial charge in [0.15, 0.2) is 6.10 Å². The van der Waals surface area contributed by atoms with Gasteiger partial charge >= 0.3 is 5.82 Å². The quantitative estimate of drug-likeness (QED) is 0.488. The second-order valence-electron chi connectivity index (χ2n) is 5.77. The summed E-state index contributed by atoms with van der Waals surface area (Å²) in [5.41, 5.74) is 0.543. The Hall–Kier alpha value is -3.94. The van der Waals surface area contributed by atoms with Crippen molar-refractivity contribution in [2.45, 2.75) is 13.0 Å². The monoisotopic (exact) mass is 379 g/mol. The highest BCUT2D eigenvalue weighted by molar-refractivity contribution is 5.94. The van der Waals surface area contributed by atoms with Gasteiger partial charge in [0.05, 0.1) is 0 Å². The van der Waals surface area contributed by atoms with Crippen molar-refractivity contribution in [3.8, 4) is 17.2 Å². The highest BCUT2D eigenvalue weighted by atomic mass is 16.6. The standard InChI is InChI=1S/C20H17N3O5/c1-14(27-18-8-5-13-21-19(18)23(25)26)20(24)22-15-9-11-17(12-10-15)28-16-6-3-2-4-7-16/h2-14H,1H3,(H,22,24). The van der Waals surface area contributed by atoms with Gasteiger partial charge in [0.25, 0.3) is 5.91 Å². The van der Waals surface area contributed by atoms with E-state index in [4.69, 9.17) is 9.47 Å². The molecule has 8 nitrogen and oxygen atoms in total. The number of benzene rings is 2. The van der Waals surface area contributed by atoms with E-state index < -0.39 is 22.8 Å². The Balaban J connectivity index is 1.60. The predicted octanol–water partition coefficient (Wildman–Crippen LogP) is 4.19. The topological polar surface area (TPSA) is 104 Å². The minimum atomic E-state index is -0.955. The third-order valence-electron chi connectivity index (χ3n) is 3.70. The highest BCUT2D eigenvalue weighted by Gasteiger charge is 2.21. The van der Waals surface area contributed by atoms with Crippen molar-refractivity contribution in [2.75, 3.05) is 5.32 Å². The second-order valence-corrected chi connectivity index (χ2v) is 5.77. The maximum atomic E-state index is 12.3. The third kappa shape index (κ3) is 4.82. The maximum Gasteiger partial charge on any atom is 0.406 e. The Bertz CT molecular complexity index is 961. The van der Waals surface area contributed by atoms with Crippen LogP contribution in [-0.2, 0) is 4.79 Å². The average molecular weight is 379 g/mol. The van der Waals surface area contributed by atoms with E-state index in [1.807, 2.05) is 30.3 Å². The normalized spacial score (nSPS) is 11.3. The van der Waals surface area contributed by atoms with Crippen LogP contribution in [0.25, 0.3) is 0 Å². The molecule has 1 amide bonds. The highest BCUT2D eigenvalue weighted by Crippen LogP contribution is 2.25. The van der Waals surface area contributed by atoms with Gasteiger partial charge < -0.3 is 24.9 Å². The summed E-state index contributed by atoms with van der Waals surface area (Å²) in [4.78, 5) is 26.3. The minimum absolute atomic E-state index is 0.0678. The Labute approximate surface area is 160 Å². The molecule has 8 heteroatoms. The first-order chi connectivity index (χ1) is 13.5. The fourth-order valence-electron chi connectivity index (χ4n) is 2.33. The zero-order valence-electron chi connectivity index (χ0n) is 14.9. The van der Waals surface area contributed by atoms with Crippen molar-refractivity contribution in [1.82, 2.24) is 4.98 Å². The summed E-state index contributed by atoms with van der Waals surface area (Å²) in [7, 11) is 0. The molecule has 3 aromatic rings. The van der Waals surface area contributed by atoms with Crippen LogP contribution in [-0.4, -0.2) is 21.9 Å². The molecule has 0 saturated heterocycles. The fourth-order valence-corrected chi connectivity index (χ4v) is 2.33. The SMILES string of the molecule is CC(Oc1cccnc1[N+](=O)[O-])C(=O)Nc1ccc(Oc2ccccc2)cc1. The van der Waals surface area contributed by atoms with E-state index in [-0.39, 0.29) is 5.75 Å². The first kappa shape index (κ1) is 18.8. The van der Waals surface area contributed by atoms with Gasteiger partial charge in [0, 0.05) is 5.69 Å². The second kappa shape index (κ2) is 8.63. The van der Waals surface area contributed by atoms with Gasteiger partial charge in [0.2, 0.25) is 5.75 Å². The summed E-state index contributed by atoms with van der Waals surface area (Å²) >= 11 is 0. The lowest BCUT2D eigenvalue weighted by Crippen LogP contribution is -2.30. The minimum Gasteiger partial charge on any atom is -0.473 e. The van der Waals surface area contributed by atoms with Crippen molar-refractivity contribution in [1.29, 1.82) is 0 Å². The lowest BCUT2D eigenvalue weighted by Gasteiger charge is -2.14. The van der Waals surface area contributed by atoms with Gasteiger partial charge in [0.1, 0.15) is 17.7 Å². The van der Waals surface area contributed by atoms with E-state index in [0.29, 0.717) is 17.2 Å². The number of hydrogen-bond donors (Lipinski definition) is 1. The number of carbonyl (C=O) groups is 1. The van der Waals surface area contributed by atoms with Crippen LogP contribution in [0.2, 0.25) is 0 Å². The van der Waals surface area contributed by atoms with Crippen molar-refractivity contribution in [3.05, 3.63) is 83.0 Å². The van der Waals surface area contributed by atoms with Gasteiger partial charge in [-0.2, -0.15) is 0 Å². The van der Waals surface area contributed by atoms with Crippen molar-refractivity contribution < 1.29 is 19.2 Å². The summed E-state index contributed by atoms with van der Waals surface area (Å²) in [6.07, 6.45) is 0.331. The Morgan fingerprint density at radius 2 is 1.71 bits per heavy atom. The molecule has 1 aromatic heterocycles. The van der Waals surface area contributed by atoms with Crippen molar-refractivity contribution in [3.63, 3.8) is 0 Å². The summed E-state index contributed by atoms with van der Waals surface area (Å²) in [6.45, 7) is 1.50. The lowest BCUT2D eigenvalue weighted by atomic mass is 10.2. The maximum absolute atomic E-state index is 12.3. The van der Waals surface area contributed by atoms with E-state index in [1.165, 1.54) is 25.3 Å². The van der Waals surface area contributed by atoms with Crippen LogP contribution in [0.4, 0.5) is 11.5 Å². The number of amides is 1. The fraction of sp³-hybridized carbons (Fsp3) is 0.100. The van der Waals surface area contributed by atoms with Crippen LogP contribution < -0.4 is 14.8 Å². The van der Waals surface area contributed by atoms with Crippen LogP contribution >= 0.6 is 0 Å². The molecule has 0 radical (unpaired) electrons. The number of nitro groups is 1. The molecule has 0 aliphatic carbocycles. The Kier molecular flexibility index (Phi) is 5.81. The van der Waals surface area contributed by atoms with Crippen LogP contribution in [0.1, 0.15) is 6.92 Å². The lowest BCUT2D eigenvalue weighted by molar-refractivity contribution is -0.390. The summed E-state index contributed by atoms with van der Waals surface area (Å²) < 4.78 is 11.1. The van der Waals surface area contributed by atoms with Crippen LogP contribution in [0.3, 0.4) is 0 Å². The number of anilines is 1. The molecule has 0 bridgehead atoms. The molecule has 2 aromatic carbocycles. The number of pyridine rings is 1. The molecule has 1 N–H and O–H groups in total. The van der Waals surface area contributed by atoms with Crippen LogP contribution in [0.5, 0.6) is 17.2 Å². The largest absolute Gasteiger partial charge is 0.473 e. The third-order valence-corrected chi connectivity index (χ3v) is 3.70. The predicted molar refractivity (Wildman–Crippen MR) is 103 cm³/mol. The van der Waals surface area contributed by atoms with Gasteiger partial charge in [-0.25, -0.2) is 0 Å². The zero-order chi connectivity index (χ0) is 19.9. The number of nitrogens with one attached hydrogen (secondary N) is 1. The van der Waals surface area contributed by atoms with E-state index in [0.717, 1.165) is 0 Å². The molecule has 142 valence electrons. The number of nitrogens with zero attached hydrogens (tertiary/aromatic N) is 2. The number of para-hydroxylation sites is 1. The summed E-state index contributed by atoms with van der Waals surface area (Å²) in [5.74, 6) is 0.375. The number of ether oxygens (including phenoxy) is 2. The molecule has 0 spiro atoms. The van der Waals surface area contributed by atoms with Crippen LogP contribution in [0, 0.1) is 10.1 Å². The van der Waals surface area contributed by atoms with Crippen LogP contribution in [0.15, 0.2) is 72.9 Å². The molecule has 3 rings (SSSR count). The summed E-state index contributed by atoms with van der Waals surface area (Å²) in [5, 5.41) is 13.7. The number of rotatable bonds is 7. The Morgan fingerprint density at radius 1 is 1.04 bits per heavy atom. The molecule has 1 atom stereocenters. The van der Waals surface area contributed by atoms with E-state index >= 15 is 0 Å². The molecule has 0 aliphatic rings. The van der Waals surface area contributed by atoms with Crippen molar-refractivity contribution in [2.24, 2.45) is 0 Å². The molecule has 1 unspecified atom stereocenters. The van der Waals surface area contributed by atoms with Crippen molar-refractivity contribution >= 4 is 17.4 Å². The van der Waals surface area contributed by atoms with E-state index in [1.54, 1.807) is 24.3 Å². The first-order valence-corrected chi connectivity index (χ1v) is 8.43. The van der Waals surface area contributed by atoms with E-state index in [2.05, 4.69) is 10.3 Å². The molecule has 28 heavy (non-hydrogen) atoms. The van der Waals surface area contributed by atoms with Gasteiger partial charge in [-0.15, -0.1) is 0 Å². The average Bonchev–Trinajstić information content (AvgIpc) is 2.70. The number of carbonyl (C=O) groups excluding carboxylic acids is 1. The van der Waals surface area contributed by atoms with Gasteiger partial charge in [-0.3, -0.25) is 4.79 Å². The number of hydrogen-bond acceptors (Lipinski definition) is 6. The summed E-state index contributed by atoms with van der Waals surface area (Å²) in [6, 6.07) is 19.0. The first-order valence-electron chi connectivity index (χ1n) is 8.43. The molecule has 0 fully saturated rings. The number of aromatic nitrogens is 1. The molecule has 1 heterocycles. The van der Waals surface area contributed by atoms with Gasteiger partial charge in [-0.1, -0.05) is 18.2 Å². The molecular formula is C20H17N3O5. The molecule has 0 saturated carbocycles.